The van der Waals surface area contributed by atoms with Crippen LogP contribution in [-0.2, 0) is 19.6 Å². The number of H-pyrrole nitrogens is 1. The summed E-state index contributed by atoms with van der Waals surface area (Å²) in [6, 6.07) is 6.43. The fraction of sp³-hybridized carbons (Fsp3) is 0.143. The summed E-state index contributed by atoms with van der Waals surface area (Å²) in [6.07, 6.45) is -4.10. The lowest BCUT2D eigenvalue weighted by Crippen LogP contribution is -2.30. The van der Waals surface area contributed by atoms with E-state index in [1.165, 1.54) is 31.3 Å². The van der Waals surface area contributed by atoms with Crippen LogP contribution in [0.2, 0.25) is 0 Å². The van der Waals surface area contributed by atoms with Crippen LogP contribution in [0.3, 0.4) is 0 Å². The Morgan fingerprint density at radius 1 is 1.24 bits per heavy atom. The molecule has 0 aliphatic rings. The number of nitrogens with one attached hydrogen (secondary N) is 2. The van der Waals surface area contributed by atoms with E-state index in [9.17, 15) is 41.3 Å². The highest BCUT2D eigenvalue weighted by molar-refractivity contribution is 7.90. The number of alkyl halides is 3. The Morgan fingerprint density at radius 3 is 2.59 bits per heavy atom. The lowest BCUT2D eigenvalue weighted by Gasteiger charge is -2.12. The van der Waals surface area contributed by atoms with Crippen molar-refractivity contribution >= 4 is 55.1 Å². The van der Waals surface area contributed by atoms with Crippen LogP contribution >= 0.6 is 0 Å². The molecule has 0 aliphatic heterocycles. The number of ether oxygens (including phenoxy) is 1. The van der Waals surface area contributed by atoms with Crippen molar-refractivity contribution in [3.63, 3.8) is 0 Å². The fourth-order valence-corrected chi connectivity index (χ4v) is 4.67. The lowest BCUT2D eigenvalue weighted by atomic mass is 10.1. The summed E-state index contributed by atoms with van der Waals surface area (Å²) in [6.45, 7) is 1.54. The number of nitrogens with zero attached hydrogens (tertiary/aromatic N) is 3. The fourth-order valence-electron chi connectivity index (χ4n) is 3.52. The van der Waals surface area contributed by atoms with Gasteiger partial charge < -0.3 is 15.0 Å². The van der Waals surface area contributed by atoms with E-state index >= 15 is 0 Å². The van der Waals surface area contributed by atoms with Crippen LogP contribution in [0, 0.1) is 10.1 Å². The molecule has 2 N–H and O–H groups in total. The van der Waals surface area contributed by atoms with Gasteiger partial charge in [0.1, 0.15) is 11.1 Å². The van der Waals surface area contributed by atoms with Crippen molar-refractivity contribution in [1.29, 1.82) is 0 Å². The summed E-state index contributed by atoms with van der Waals surface area (Å²) in [5.41, 5.74) is -1.83. The second-order valence-corrected chi connectivity index (χ2v) is 8.97. The first kappa shape index (κ1) is 25.5. The molecule has 16 heteroatoms. The number of nitro groups is 1. The normalized spacial score (nSPS) is 12.7. The maximum Gasteiger partial charge on any atom is 0.471 e. The molecule has 0 bridgehead atoms. The number of aromatic amines is 1. The molecular formula is C21H14F3N5O7S. The smallest absolute Gasteiger partial charge is 0.461 e. The number of rotatable bonds is 6. The lowest BCUT2D eigenvalue weighted by molar-refractivity contribution is -0.387. The number of sulfonamides is 1. The zero-order chi connectivity index (χ0) is 27.1. The van der Waals surface area contributed by atoms with E-state index < -0.39 is 54.6 Å². The number of halogens is 3. The van der Waals surface area contributed by atoms with Gasteiger partial charge in [-0.2, -0.15) is 26.0 Å². The molecule has 0 fully saturated rings. The molecule has 0 saturated heterocycles. The molecular weight excluding hydrogens is 523 g/mol. The van der Waals surface area contributed by atoms with Gasteiger partial charge in [-0.15, -0.1) is 0 Å². The molecule has 37 heavy (non-hydrogen) atoms. The molecule has 12 nitrogen and oxygen atoms in total. The minimum atomic E-state index is -5.31. The van der Waals surface area contributed by atoms with Gasteiger partial charge in [-0.25, -0.2) is 4.79 Å². The van der Waals surface area contributed by atoms with Crippen LogP contribution in [0.25, 0.3) is 21.8 Å². The molecule has 0 atom stereocenters. The molecule has 0 aliphatic carbocycles. The predicted octanol–water partition coefficient (Wildman–Crippen LogP) is 3.03. The topological polar surface area (TPSA) is 174 Å². The third-order valence-electron chi connectivity index (χ3n) is 5.02. The largest absolute Gasteiger partial charge is 0.471 e. The number of hydrogen-bond acceptors (Lipinski definition) is 8. The second-order valence-electron chi connectivity index (χ2n) is 7.40. The summed E-state index contributed by atoms with van der Waals surface area (Å²) in [4.78, 5) is 40.2. The second kappa shape index (κ2) is 9.12. The molecule has 4 aromatic rings. The van der Waals surface area contributed by atoms with Gasteiger partial charge in [0.2, 0.25) is 0 Å². The van der Waals surface area contributed by atoms with Crippen molar-refractivity contribution in [1.82, 2.24) is 9.97 Å². The molecule has 2 heterocycles. The molecule has 1 amide bonds. The predicted molar refractivity (Wildman–Crippen MR) is 121 cm³/mol. The summed E-state index contributed by atoms with van der Waals surface area (Å²) >= 11 is 0. The number of hydrogen-bond donors (Lipinski definition) is 2. The van der Waals surface area contributed by atoms with E-state index in [2.05, 4.69) is 14.4 Å². The Kier molecular flexibility index (Phi) is 6.29. The van der Waals surface area contributed by atoms with Crippen molar-refractivity contribution in [3.8, 4) is 0 Å². The number of aromatic nitrogens is 2. The third-order valence-corrected chi connectivity index (χ3v) is 6.36. The van der Waals surface area contributed by atoms with Gasteiger partial charge in [-0.1, -0.05) is 12.1 Å². The average molecular weight is 537 g/mol. The molecule has 0 saturated carbocycles. The molecule has 2 aromatic carbocycles. The van der Waals surface area contributed by atoms with Crippen molar-refractivity contribution < 1.29 is 40.8 Å². The van der Waals surface area contributed by atoms with Gasteiger partial charge in [0.05, 0.1) is 28.3 Å². The Morgan fingerprint density at radius 2 is 1.95 bits per heavy atom. The number of carbonyl (C=O) groups is 2. The van der Waals surface area contributed by atoms with E-state index in [1.807, 2.05) is 0 Å². The minimum Gasteiger partial charge on any atom is -0.461 e. The number of benzene rings is 2. The Hall–Kier alpha value is -4.60. The molecule has 0 unspecified atom stereocenters. The van der Waals surface area contributed by atoms with Gasteiger partial charge in [0.15, 0.2) is 4.90 Å². The first-order valence-electron chi connectivity index (χ1n) is 10.2. The summed E-state index contributed by atoms with van der Waals surface area (Å²) in [5, 5.41) is 12.7. The highest BCUT2D eigenvalue weighted by Gasteiger charge is 2.39. The number of carbonyl (C=O) groups excluding carboxylic acids is 2. The maximum absolute atomic E-state index is 13.0. The van der Waals surface area contributed by atoms with Crippen LogP contribution in [0.4, 0.5) is 24.5 Å². The molecule has 192 valence electrons. The maximum atomic E-state index is 13.0. The van der Waals surface area contributed by atoms with E-state index in [0.29, 0.717) is 0 Å². The SMILES string of the molecule is CCOC(=O)c1cc2cnc3c(=NS(=O)(=O)c4ccccc4[N+](=O)[O-])cc(NC(=O)C(F)(F)F)c([nH]1)c23. The Bertz CT molecular complexity index is 1750. The van der Waals surface area contributed by atoms with Gasteiger partial charge in [-0.05, 0) is 25.1 Å². The average Bonchev–Trinajstić information content (AvgIpc) is 3.26. The molecule has 2 aromatic heterocycles. The number of nitro benzene ring substituents is 1. The number of esters is 1. The summed E-state index contributed by atoms with van der Waals surface area (Å²) < 4.78 is 73.6. The first-order valence-corrected chi connectivity index (χ1v) is 11.7. The minimum absolute atomic E-state index is 0.00164. The van der Waals surface area contributed by atoms with Crippen LogP contribution in [-0.4, -0.2) is 48.0 Å². The number of amides is 1. The molecule has 0 spiro atoms. The standard InChI is InChI=1S/C21H14F3N5O7S/c1-2-36-19(30)13-7-10-9-25-17-12(28-37(34,35)15-6-4-3-5-14(15)29(32)33)8-11(18(26-13)16(10)17)27-20(31)21(22,23)24/h3-9,26H,2H2,1H3,(H,27,31). The van der Waals surface area contributed by atoms with Crippen molar-refractivity contribution in [2.24, 2.45) is 4.40 Å². The third kappa shape index (κ3) is 4.77. The van der Waals surface area contributed by atoms with Gasteiger partial charge in [0.25, 0.3) is 15.7 Å². The van der Waals surface area contributed by atoms with E-state index in [4.69, 9.17) is 4.74 Å². The zero-order valence-electron chi connectivity index (χ0n) is 18.5. The highest BCUT2D eigenvalue weighted by atomic mass is 32.2. The van der Waals surface area contributed by atoms with Crippen molar-refractivity contribution in [2.75, 3.05) is 11.9 Å². The Balaban J connectivity index is 2.03. The first-order chi connectivity index (χ1) is 17.3. The van der Waals surface area contributed by atoms with Crippen molar-refractivity contribution in [3.05, 3.63) is 63.8 Å². The van der Waals surface area contributed by atoms with Crippen LogP contribution in [0.1, 0.15) is 17.4 Å². The van der Waals surface area contributed by atoms with E-state index in [0.717, 1.165) is 18.2 Å². The van der Waals surface area contributed by atoms with E-state index in [1.54, 1.807) is 5.32 Å². The summed E-state index contributed by atoms with van der Waals surface area (Å²) in [5.74, 6) is -3.23. The van der Waals surface area contributed by atoms with Gasteiger partial charge in [0, 0.05) is 23.0 Å². The van der Waals surface area contributed by atoms with Gasteiger partial charge in [-0.3, -0.25) is 19.9 Å². The van der Waals surface area contributed by atoms with Crippen molar-refractivity contribution in [2.45, 2.75) is 18.0 Å². The van der Waals surface area contributed by atoms with Crippen LogP contribution in [0.15, 0.2) is 51.9 Å². The monoisotopic (exact) mass is 537 g/mol. The van der Waals surface area contributed by atoms with Crippen LogP contribution < -0.4 is 10.7 Å². The quantitative estimate of drug-likeness (QED) is 0.214. The van der Waals surface area contributed by atoms with E-state index in [-0.39, 0.29) is 34.1 Å². The number of pyridine rings is 1. The Labute approximate surface area is 204 Å². The van der Waals surface area contributed by atoms with Crippen LogP contribution in [0.5, 0.6) is 0 Å². The summed E-state index contributed by atoms with van der Waals surface area (Å²) in [7, 11) is -4.78. The number of anilines is 1. The number of para-hydroxylation sites is 1. The molecule has 0 radical (unpaired) electrons. The zero-order valence-corrected chi connectivity index (χ0v) is 19.3. The highest BCUT2D eigenvalue weighted by Crippen LogP contribution is 2.31. The molecule has 4 rings (SSSR count). The van der Waals surface area contributed by atoms with Gasteiger partial charge >= 0.3 is 18.1 Å².